The van der Waals surface area contributed by atoms with Crippen LogP contribution in [0, 0.1) is 17.8 Å². The molecule has 4 nitrogen and oxygen atoms in total. The van der Waals surface area contributed by atoms with Crippen LogP contribution in [0.15, 0.2) is 28.0 Å². The highest BCUT2D eigenvalue weighted by Crippen LogP contribution is 2.63. The number of aromatic nitrogens is 1. The summed E-state index contributed by atoms with van der Waals surface area (Å²) in [6, 6.07) is 5.73. The SMILES string of the molecule is CCOc1cc([C@@H]2c3sc(=O)[nH]c3S[C@@H]3[C@H]4CC[C@H](C4)[C@H]23)ccc1O. The van der Waals surface area contributed by atoms with Crippen molar-refractivity contribution in [3.05, 3.63) is 38.3 Å². The molecule has 2 heterocycles. The zero-order chi connectivity index (χ0) is 17.1. The number of fused-ring (bicyclic) bond motifs is 6. The summed E-state index contributed by atoms with van der Waals surface area (Å²) >= 11 is 3.26. The third kappa shape index (κ3) is 2.37. The van der Waals surface area contributed by atoms with Crippen molar-refractivity contribution in [1.82, 2.24) is 4.98 Å². The number of hydrogen-bond donors (Lipinski definition) is 2. The number of phenolic OH excluding ortho intramolecular Hbond substituents is 1. The second-order valence-electron chi connectivity index (χ2n) is 7.34. The molecule has 5 atom stereocenters. The maximum atomic E-state index is 12.0. The molecular formula is C19H21NO3S2. The number of ether oxygens (including phenoxy) is 1. The number of thiazole rings is 1. The van der Waals surface area contributed by atoms with Crippen molar-refractivity contribution in [2.75, 3.05) is 6.61 Å². The Bertz CT molecular complexity index is 874. The molecule has 2 N–H and O–H groups in total. The lowest BCUT2D eigenvalue weighted by Gasteiger charge is -2.40. The highest BCUT2D eigenvalue weighted by atomic mass is 32.2. The molecule has 1 aromatic carbocycles. The molecule has 2 bridgehead atoms. The summed E-state index contributed by atoms with van der Waals surface area (Å²) < 4.78 is 5.61. The van der Waals surface area contributed by atoms with Gasteiger partial charge in [-0.05, 0) is 61.6 Å². The maximum Gasteiger partial charge on any atom is 0.305 e. The Hall–Kier alpha value is -1.40. The molecule has 1 aromatic heterocycles. The molecule has 132 valence electrons. The Kier molecular flexibility index (Phi) is 3.68. The molecule has 0 amide bonds. The van der Waals surface area contributed by atoms with E-state index in [1.165, 1.54) is 41.0 Å². The highest BCUT2D eigenvalue weighted by molar-refractivity contribution is 8.00. The average molecular weight is 376 g/mol. The van der Waals surface area contributed by atoms with E-state index in [0.29, 0.717) is 23.5 Å². The first kappa shape index (κ1) is 15.8. The minimum absolute atomic E-state index is 0.0404. The van der Waals surface area contributed by atoms with Gasteiger partial charge in [-0.1, -0.05) is 17.4 Å². The molecule has 0 spiro atoms. The minimum atomic E-state index is 0.0404. The molecule has 2 aromatic rings. The van der Waals surface area contributed by atoms with Crippen LogP contribution in [0.4, 0.5) is 0 Å². The highest BCUT2D eigenvalue weighted by Gasteiger charge is 2.54. The minimum Gasteiger partial charge on any atom is -0.504 e. The Balaban J connectivity index is 1.65. The monoisotopic (exact) mass is 375 g/mol. The topological polar surface area (TPSA) is 62.3 Å². The first-order valence-corrected chi connectivity index (χ1v) is 10.7. The van der Waals surface area contributed by atoms with E-state index < -0.39 is 0 Å². The molecule has 1 aliphatic heterocycles. The van der Waals surface area contributed by atoms with Crippen LogP contribution >= 0.6 is 23.1 Å². The van der Waals surface area contributed by atoms with E-state index in [1.54, 1.807) is 6.07 Å². The van der Waals surface area contributed by atoms with Gasteiger partial charge >= 0.3 is 4.87 Å². The summed E-state index contributed by atoms with van der Waals surface area (Å²) in [5.41, 5.74) is 1.17. The van der Waals surface area contributed by atoms with E-state index in [1.807, 2.05) is 30.8 Å². The second-order valence-corrected chi connectivity index (χ2v) is 9.54. The Morgan fingerprint density at radius 1 is 1.32 bits per heavy atom. The van der Waals surface area contributed by atoms with Crippen molar-refractivity contribution in [2.45, 2.75) is 42.4 Å². The third-order valence-electron chi connectivity index (χ3n) is 6.11. The Labute approximate surface area is 154 Å². The summed E-state index contributed by atoms with van der Waals surface area (Å²) in [5, 5.41) is 11.7. The van der Waals surface area contributed by atoms with Gasteiger partial charge in [0.15, 0.2) is 11.5 Å². The van der Waals surface area contributed by atoms with E-state index in [9.17, 15) is 9.90 Å². The van der Waals surface area contributed by atoms with Crippen molar-refractivity contribution in [3.63, 3.8) is 0 Å². The molecule has 2 aliphatic carbocycles. The number of benzene rings is 1. The van der Waals surface area contributed by atoms with Gasteiger partial charge in [-0.3, -0.25) is 4.79 Å². The van der Waals surface area contributed by atoms with Gasteiger partial charge in [-0.2, -0.15) is 0 Å². The Morgan fingerprint density at radius 3 is 3.00 bits per heavy atom. The number of rotatable bonds is 3. The number of aromatic hydroxyl groups is 1. The van der Waals surface area contributed by atoms with Crippen LogP contribution in [0.3, 0.4) is 0 Å². The molecule has 3 aliphatic rings. The third-order valence-corrected chi connectivity index (χ3v) is 8.73. The molecular weight excluding hydrogens is 354 g/mol. The first-order chi connectivity index (χ1) is 12.2. The van der Waals surface area contributed by atoms with Crippen LogP contribution in [0.1, 0.15) is 42.5 Å². The average Bonchev–Trinajstić information content (AvgIpc) is 3.28. The summed E-state index contributed by atoms with van der Waals surface area (Å²) in [4.78, 5) is 16.3. The largest absolute Gasteiger partial charge is 0.504 e. The van der Waals surface area contributed by atoms with Crippen molar-refractivity contribution in [2.24, 2.45) is 17.8 Å². The zero-order valence-electron chi connectivity index (χ0n) is 14.0. The van der Waals surface area contributed by atoms with Crippen LogP contribution in [0.5, 0.6) is 11.5 Å². The predicted molar refractivity (Wildman–Crippen MR) is 100 cm³/mol. The van der Waals surface area contributed by atoms with Gasteiger partial charge in [-0.15, -0.1) is 11.8 Å². The lowest BCUT2D eigenvalue weighted by Crippen LogP contribution is -2.33. The van der Waals surface area contributed by atoms with E-state index in [4.69, 9.17) is 4.74 Å². The maximum absolute atomic E-state index is 12.0. The van der Waals surface area contributed by atoms with Crippen molar-refractivity contribution in [1.29, 1.82) is 0 Å². The van der Waals surface area contributed by atoms with Crippen molar-refractivity contribution in [3.8, 4) is 11.5 Å². The summed E-state index contributed by atoms with van der Waals surface area (Å²) in [6.45, 7) is 2.45. The smallest absolute Gasteiger partial charge is 0.305 e. The summed E-state index contributed by atoms with van der Waals surface area (Å²) in [7, 11) is 0. The van der Waals surface area contributed by atoms with Crippen LogP contribution in [-0.4, -0.2) is 21.9 Å². The zero-order valence-corrected chi connectivity index (χ0v) is 15.7. The molecule has 5 rings (SSSR count). The molecule has 25 heavy (non-hydrogen) atoms. The molecule has 6 heteroatoms. The number of thioether (sulfide) groups is 1. The standard InChI is InChI=1S/C19H21NO3S2/c1-2-23-13-8-10(5-6-12(13)21)15-14-9-3-4-11(7-9)16(14)24-18-17(15)25-19(22)20-18/h5-6,8-9,11,14-16,21H,2-4,7H2,1H3,(H,20,22)/t9-,11+,14-,15+,16-/m1/s1. The lowest BCUT2D eigenvalue weighted by molar-refractivity contribution is 0.302. The van der Waals surface area contributed by atoms with Crippen molar-refractivity contribution < 1.29 is 9.84 Å². The number of aromatic amines is 1. The number of nitrogens with one attached hydrogen (secondary N) is 1. The number of H-pyrrole nitrogens is 1. The fourth-order valence-corrected chi connectivity index (χ4v) is 8.11. The van der Waals surface area contributed by atoms with E-state index in [-0.39, 0.29) is 16.5 Å². The Morgan fingerprint density at radius 2 is 2.16 bits per heavy atom. The quantitative estimate of drug-likeness (QED) is 0.844. The van der Waals surface area contributed by atoms with Gasteiger partial charge in [-0.25, -0.2) is 0 Å². The predicted octanol–water partition coefficient (Wildman–Crippen LogP) is 4.19. The molecule has 2 saturated carbocycles. The fourth-order valence-electron chi connectivity index (χ4n) is 5.22. The molecule has 2 fully saturated rings. The molecule has 0 saturated heterocycles. The number of hydrogen-bond acceptors (Lipinski definition) is 5. The van der Waals surface area contributed by atoms with E-state index >= 15 is 0 Å². The van der Waals surface area contributed by atoms with Gasteiger partial charge in [0.05, 0.1) is 11.6 Å². The van der Waals surface area contributed by atoms with Gasteiger partial charge in [0.1, 0.15) is 0 Å². The first-order valence-electron chi connectivity index (χ1n) is 9.01. The normalized spacial score (nSPS) is 32.4. The van der Waals surface area contributed by atoms with Crippen LogP contribution in [-0.2, 0) is 0 Å². The van der Waals surface area contributed by atoms with Crippen LogP contribution < -0.4 is 9.61 Å². The van der Waals surface area contributed by atoms with Gasteiger partial charge in [0.25, 0.3) is 0 Å². The van der Waals surface area contributed by atoms with E-state index in [2.05, 4.69) is 4.98 Å². The van der Waals surface area contributed by atoms with Crippen LogP contribution in [0.25, 0.3) is 0 Å². The van der Waals surface area contributed by atoms with Gasteiger partial charge in [0, 0.05) is 16.0 Å². The summed E-state index contributed by atoms with van der Waals surface area (Å²) in [5.74, 6) is 3.08. The fraction of sp³-hybridized carbons (Fsp3) is 0.526. The second kappa shape index (κ2) is 5.81. The van der Waals surface area contributed by atoms with Gasteiger partial charge < -0.3 is 14.8 Å². The van der Waals surface area contributed by atoms with E-state index in [0.717, 1.165) is 16.9 Å². The molecule has 0 unspecified atom stereocenters. The summed E-state index contributed by atoms with van der Waals surface area (Å²) in [6.07, 6.45) is 3.97. The van der Waals surface area contributed by atoms with Gasteiger partial charge in [0.2, 0.25) is 0 Å². The number of phenols is 1. The van der Waals surface area contributed by atoms with Crippen molar-refractivity contribution >= 4 is 23.1 Å². The molecule has 0 radical (unpaired) electrons. The van der Waals surface area contributed by atoms with Crippen LogP contribution in [0.2, 0.25) is 0 Å². The lowest BCUT2D eigenvalue weighted by atomic mass is 9.75.